The number of aliphatic hydroxyl groups is 1. The molecule has 0 aromatic heterocycles. The van der Waals surface area contributed by atoms with Crippen molar-refractivity contribution < 1.29 is 23.4 Å². The molecule has 1 fully saturated rings. The van der Waals surface area contributed by atoms with Crippen LogP contribution in [0, 0.1) is 0 Å². The summed E-state index contributed by atoms with van der Waals surface area (Å²) in [5.41, 5.74) is 1.43. The van der Waals surface area contributed by atoms with Crippen LogP contribution in [0.2, 0.25) is 0 Å². The Labute approximate surface area is 150 Å². The van der Waals surface area contributed by atoms with Gasteiger partial charge in [0.05, 0.1) is 6.61 Å². The molecule has 0 bridgehead atoms. The molecule has 0 saturated carbocycles. The first-order valence-electron chi connectivity index (χ1n) is 8.62. The van der Waals surface area contributed by atoms with Crippen molar-refractivity contribution in [1.29, 1.82) is 0 Å². The number of ether oxygens (including phenoxy) is 1. The molecule has 140 valence electrons. The van der Waals surface area contributed by atoms with Gasteiger partial charge in [0, 0.05) is 31.2 Å². The summed E-state index contributed by atoms with van der Waals surface area (Å²) in [6.07, 6.45) is 1.85. The molecule has 1 aromatic carbocycles. The van der Waals surface area contributed by atoms with Crippen LogP contribution in [0.1, 0.15) is 18.4 Å². The second kappa shape index (κ2) is 8.31. The summed E-state index contributed by atoms with van der Waals surface area (Å²) < 4.78 is 31.9. The fourth-order valence-corrected chi connectivity index (χ4v) is 3.04. The molecular weight excluding hydrogens is 342 g/mol. The van der Waals surface area contributed by atoms with Gasteiger partial charge in [-0.25, -0.2) is 8.78 Å². The summed E-state index contributed by atoms with van der Waals surface area (Å²) in [7, 11) is 0. The second-order valence-electron chi connectivity index (χ2n) is 6.48. The average Bonchev–Trinajstić information content (AvgIpc) is 3.12. The van der Waals surface area contributed by atoms with Crippen molar-refractivity contribution in [2.75, 3.05) is 19.7 Å². The van der Waals surface area contributed by atoms with Crippen molar-refractivity contribution in [3.8, 4) is 5.75 Å². The number of carbonyl (C=O) groups excluding carboxylic acids is 1. The number of rotatable bonds is 6. The first kappa shape index (κ1) is 18.4. The fourth-order valence-electron chi connectivity index (χ4n) is 3.04. The number of hydrogen-bond acceptors (Lipinski definition) is 4. The lowest BCUT2D eigenvalue weighted by atomic mass is 10.1. The highest BCUT2D eigenvalue weighted by molar-refractivity contribution is 5.78. The Morgan fingerprint density at radius 1 is 1.31 bits per heavy atom. The maximum absolute atomic E-state index is 13.4. The Balaban J connectivity index is 1.45. The molecule has 26 heavy (non-hydrogen) atoms. The molecule has 1 heterocycles. The normalized spacial score (nSPS) is 22.7. The van der Waals surface area contributed by atoms with Crippen molar-refractivity contribution in [2.45, 2.75) is 31.7 Å². The van der Waals surface area contributed by atoms with E-state index in [1.807, 2.05) is 0 Å². The van der Waals surface area contributed by atoms with Gasteiger partial charge in [-0.05, 0) is 36.3 Å². The standard InChI is InChI=1S/C19H22F2N2O3/c20-17-6-3-14(9-18(17)21)22-15-7-8-23(10-15)19(25)12-26-16-4-1-13(11-24)2-5-16/h1-6,15,18,22,24H,7-12H2. The molecule has 7 heteroatoms. The predicted octanol–water partition coefficient (Wildman–Crippen LogP) is 2.23. The highest BCUT2D eigenvalue weighted by atomic mass is 19.2. The van der Waals surface area contributed by atoms with E-state index in [9.17, 15) is 13.6 Å². The second-order valence-corrected chi connectivity index (χ2v) is 6.48. The molecule has 1 aliphatic heterocycles. The van der Waals surface area contributed by atoms with E-state index in [1.165, 1.54) is 0 Å². The largest absolute Gasteiger partial charge is 0.484 e. The highest BCUT2D eigenvalue weighted by Gasteiger charge is 2.28. The highest BCUT2D eigenvalue weighted by Crippen LogP contribution is 2.23. The van der Waals surface area contributed by atoms with Crippen LogP contribution in [0.3, 0.4) is 0 Å². The monoisotopic (exact) mass is 364 g/mol. The summed E-state index contributed by atoms with van der Waals surface area (Å²) in [5, 5.41) is 12.2. The number of nitrogens with one attached hydrogen (secondary N) is 1. The van der Waals surface area contributed by atoms with Crippen LogP contribution in [-0.2, 0) is 11.4 Å². The van der Waals surface area contributed by atoms with Crippen molar-refractivity contribution in [3.63, 3.8) is 0 Å². The Morgan fingerprint density at radius 3 is 2.77 bits per heavy atom. The number of allylic oxidation sites excluding steroid dienone is 4. The Kier molecular flexibility index (Phi) is 5.88. The molecule has 3 rings (SSSR count). The number of hydrogen-bond donors (Lipinski definition) is 2. The quantitative estimate of drug-likeness (QED) is 0.813. The third-order valence-electron chi connectivity index (χ3n) is 4.54. The van der Waals surface area contributed by atoms with Gasteiger partial charge in [0.15, 0.2) is 12.8 Å². The Morgan fingerprint density at radius 2 is 2.08 bits per heavy atom. The number of likely N-dealkylation sites (tertiary alicyclic amines) is 1. The number of halogens is 2. The van der Waals surface area contributed by atoms with Crippen LogP contribution in [0.25, 0.3) is 0 Å². The van der Waals surface area contributed by atoms with E-state index in [0.717, 1.165) is 18.1 Å². The van der Waals surface area contributed by atoms with Gasteiger partial charge in [-0.1, -0.05) is 12.1 Å². The molecule has 2 aliphatic rings. The number of benzene rings is 1. The SMILES string of the molecule is O=C(COc1ccc(CO)cc1)N1CCC(NC2=CC=C(F)C(F)C2)C1. The zero-order valence-electron chi connectivity index (χ0n) is 14.3. The van der Waals surface area contributed by atoms with E-state index in [0.29, 0.717) is 24.5 Å². The first-order valence-corrected chi connectivity index (χ1v) is 8.62. The first-order chi connectivity index (χ1) is 12.5. The molecule has 2 atom stereocenters. The van der Waals surface area contributed by atoms with Gasteiger partial charge in [0.25, 0.3) is 5.91 Å². The van der Waals surface area contributed by atoms with E-state index in [2.05, 4.69) is 5.32 Å². The van der Waals surface area contributed by atoms with Crippen molar-refractivity contribution in [1.82, 2.24) is 10.2 Å². The lowest BCUT2D eigenvalue weighted by Crippen LogP contribution is -2.37. The van der Waals surface area contributed by atoms with Crippen molar-refractivity contribution >= 4 is 5.91 Å². The van der Waals surface area contributed by atoms with E-state index in [4.69, 9.17) is 9.84 Å². The lowest BCUT2D eigenvalue weighted by molar-refractivity contribution is -0.132. The third kappa shape index (κ3) is 4.60. The summed E-state index contributed by atoms with van der Waals surface area (Å²) in [5.74, 6) is -0.296. The molecule has 2 unspecified atom stereocenters. The molecule has 0 spiro atoms. The van der Waals surface area contributed by atoms with Crippen LogP contribution in [0.15, 0.2) is 47.9 Å². The minimum atomic E-state index is -1.59. The van der Waals surface area contributed by atoms with E-state index >= 15 is 0 Å². The van der Waals surface area contributed by atoms with Crippen LogP contribution in [0.4, 0.5) is 8.78 Å². The summed E-state index contributed by atoms with van der Waals surface area (Å²) in [6.45, 7) is 1.00. The minimum Gasteiger partial charge on any atom is -0.484 e. The number of carbonyl (C=O) groups is 1. The van der Waals surface area contributed by atoms with Gasteiger partial charge in [-0.3, -0.25) is 4.79 Å². The van der Waals surface area contributed by atoms with E-state index in [-0.39, 0.29) is 31.6 Å². The van der Waals surface area contributed by atoms with Gasteiger partial charge in [-0.15, -0.1) is 0 Å². The Bertz CT molecular complexity index is 703. The number of alkyl halides is 1. The van der Waals surface area contributed by atoms with Crippen LogP contribution < -0.4 is 10.1 Å². The zero-order chi connectivity index (χ0) is 18.5. The topological polar surface area (TPSA) is 61.8 Å². The van der Waals surface area contributed by atoms with Crippen LogP contribution >= 0.6 is 0 Å². The maximum atomic E-state index is 13.4. The molecule has 0 radical (unpaired) electrons. The predicted molar refractivity (Wildman–Crippen MR) is 92.8 cm³/mol. The van der Waals surface area contributed by atoms with Crippen molar-refractivity contribution in [2.24, 2.45) is 0 Å². The molecule has 1 aromatic rings. The summed E-state index contributed by atoms with van der Waals surface area (Å²) in [6, 6.07) is 6.92. The van der Waals surface area contributed by atoms with Gasteiger partial charge in [-0.2, -0.15) is 0 Å². The number of nitrogens with zero attached hydrogens (tertiary/aromatic N) is 1. The molecule has 5 nitrogen and oxygen atoms in total. The minimum absolute atomic E-state index is 0.000272. The van der Waals surface area contributed by atoms with Crippen LogP contribution in [-0.4, -0.2) is 47.8 Å². The summed E-state index contributed by atoms with van der Waals surface area (Å²) >= 11 is 0. The van der Waals surface area contributed by atoms with Gasteiger partial charge in [0.1, 0.15) is 11.6 Å². The lowest BCUT2D eigenvalue weighted by Gasteiger charge is -2.21. The molecule has 1 saturated heterocycles. The van der Waals surface area contributed by atoms with Crippen LogP contribution in [0.5, 0.6) is 5.75 Å². The van der Waals surface area contributed by atoms with Crippen molar-refractivity contribution in [3.05, 3.63) is 53.5 Å². The maximum Gasteiger partial charge on any atom is 0.260 e. The van der Waals surface area contributed by atoms with E-state index < -0.39 is 12.0 Å². The molecular formula is C19H22F2N2O3. The molecule has 1 aliphatic carbocycles. The summed E-state index contributed by atoms with van der Waals surface area (Å²) in [4.78, 5) is 14.0. The van der Waals surface area contributed by atoms with Gasteiger partial charge >= 0.3 is 0 Å². The van der Waals surface area contributed by atoms with E-state index in [1.54, 1.807) is 35.2 Å². The average molecular weight is 364 g/mol. The smallest absolute Gasteiger partial charge is 0.260 e. The molecule has 2 N–H and O–H groups in total. The number of aliphatic hydroxyl groups excluding tert-OH is 1. The molecule has 1 amide bonds. The fraction of sp³-hybridized carbons (Fsp3) is 0.421. The zero-order valence-corrected chi connectivity index (χ0v) is 14.3. The Hall–Kier alpha value is -2.41. The third-order valence-corrected chi connectivity index (χ3v) is 4.54. The number of amides is 1. The van der Waals surface area contributed by atoms with Gasteiger partial charge < -0.3 is 20.1 Å². The van der Waals surface area contributed by atoms with Gasteiger partial charge in [0.2, 0.25) is 0 Å².